The number of carbonyl (C=O) groups excluding carboxylic acids is 1. The highest BCUT2D eigenvalue weighted by Gasteiger charge is 2.46. The van der Waals surface area contributed by atoms with Crippen LogP contribution in [0.15, 0.2) is 24.4 Å². The molecular weight excluding hydrogens is 441 g/mol. The Balaban J connectivity index is 0.000000479. The van der Waals surface area contributed by atoms with Crippen molar-refractivity contribution in [3.63, 3.8) is 0 Å². The number of halogens is 3. The maximum Gasteiger partial charge on any atom is 0.490 e. The van der Waals surface area contributed by atoms with E-state index in [9.17, 15) is 18.0 Å². The monoisotopic (exact) mass is 474 g/mol. The number of aliphatic carboxylic acids is 1. The van der Waals surface area contributed by atoms with Crippen molar-refractivity contribution in [2.45, 2.75) is 70.3 Å². The lowest BCUT2D eigenvalue weighted by Crippen LogP contribution is -2.49. The predicted molar refractivity (Wildman–Crippen MR) is 114 cm³/mol. The van der Waals surface area contributed by atoms with E-state index in [-0.39, 0.29) is 5.60 Å². The standard InChI is InChI=1S/C21H32N2O3.C2HF3O2/c1-2-3-7-20(24)23-13-10-21(11-14-23)18(9-16-26-21)8-15-25-17-19-6-4-5-12-22-19;3-2(4,5)1(6)7/h4-6,12,18H,2-3,7-11,13-17H2,1H3;(H,6,7). The number of carbonyl (C=O) groups is 2. The topological polar surface area (TPSA) is 89.0 Å². The number of unbranched alkanes of at least 4 members (excludes halogenated alkanes) is 1. The molecular formula is C23H33F3N2O5. The molecule has 0 saturated carbocycles. The van der Waals surface area contributed by atoms with Crippen molar-refractivity contribution in [3.05, 3.63) is 30.1 Å². The third-order valence-corrected chi connectivity index (χ3v) is 6.14. The van der Waals surface area contributed by atoms with Gasteiger partial charge in [0.25, 0.3) is 0 Å². The molecule has 0 radical (unpaired) electrons. The second-order valence-corrected chi connectivity index (χ2v) is 8.35. The number of carboxylic acid groups (broad SMARTS) is 1. The lowest BCUT2D eigenvalue weighted by Gasteiger charge is -2.42. The molecule has 3 rings (SSSR count). The van der Waals surface area contributed by atoms with Gasteiger partial charge in [-0.05, 0) is 50.2 Å². The van der Waals surface area contributed by atoms with Crippen LogP contribution in [0.4, 0.5) is 13.2 Å². The molecule has 0 aromatic carbocycles. The Labute approximate surface area is 192 Å². The second-order valence-electron chi connectivity index (χ2n) is 8.35. The van der Waals surface area contributed by atoms with Gasteiger partial charge in [0, 0.05) is 38.9 Å². The number of piperidine rings is 1. The molecule has 1 N–H and O–H groups in total. The lowest BCUT2D eigenvalue weighted by molar-refractivity contribution is -0.192. The van der Waals surface area contributed by atoms with Crippen molar-refractivity contribution in [2.24, 2.45) is 5.92 Å². The van der Waals surface area contributed by atoms with Gasteiger partial charge in [-0.25, -0.2) is 4.79 Å². The summed E-state index contributed by atoms with van der Waals surface area (Å²) in [5, 5.41) is 7.12. The summed E-state index contributed by atoms with van der Waals surface area (Å²) in [6.07, 6.45) is 3.54. The number of nitrogens with zero attached hydrogens (tertiary/aromatic N) is 2. The van der Waals surface area contributed by atoms with Gasteiger partial charge in [0.15, 0.2) is 0 Å². The van der Waals surface area contributed by atoms with Crippen LogP contribution in [0, 0.1) is 5.92 Å². The lowest BCUT2D eigenvalue weighted by atomic mass is 9.78. The van der Waals surface area contributed by atoms with Crippen molar-refractivity contribution < 1.29 is 37.3 Å². The normalized spacial score (nSPS) is 19.8. The Bertz CT molecular complexity index is 737. The molecule has 2 fully saturated rings. The Morgan fingerprint density at radius 1 is 1.30 bits per heavy atom. The van der Waals surface area contributed by atoms with E-state index < -0.39 is 12.1 Å². The Morgan fingerprint density at radius 3 is 2.58 bits per heavy atom. The number of pyridine rings is 1. The van der Waals surface area contributed by atoms with E-state index >= 15 is 0 Å². The van der Waals surface area contributed by atoms with Crippen LogP contribution in [0.25, 0.3) is 0 Å². The number of aromatic nitrogens is 1. The van der Waals surface area contributed by atoms with Gasteiger partial charge in [0.1, 0.15) is 0 Å². The summed E-state index contributed by atoms with van der Waals surface area (Å²) in [6, 6.07) is 5.90. The van der Waals surface area contributed by atoms with Crippen LogP contribution in [0.2, 0.25) is 0 Å². The first-order chi connectivity index (χ1) is 15.7. The van der Waals surface area contributed by atoms with E-state index in [1.165, 1.54) is 0 Å². The first-order valence-corrected chi connectivity index (χ1v) is 11.4. The van der Waals surface area contributed by atoms with Gasteiger partial charge in [0.2, 0.25) is 5.91 Å². The minimum atomic E-state index is -5.08. The SMILES string of the molecule is CCCCC(=O)N1CCC2(CC1)OCCC2CCOCc1ccccn1.O=C(O)C(F)(F)F. The minimum Gasteiger partial charge on any atom is -0.475 e. The number of hydrogen-bond acceptors (Lipinski definition) is 5. The van der Waals surface area contributed by atoms with Crippen LogP contribution in [0.5, 0.6) is 0 Å². The first-order valence-electron chi connectivity index (χ1n) is 11.4. The number of alkyl halides is 3. The van der Waals surface area contributed by atoms with Gasteiger partial charge in [0.05, 0.1) is 17.9 Å². The maximum absolute atomic E-state index is 12.2. The third-order valence-electron chi connectivity index (χ3n) is 6.14. The Kier molecular flexibility index (Phi) is 10.6. The highest BCUT2D eigenvalue weighted by atomic mass is 19.4. The second kappa shape index (κ2) is 12.9. The van der Waals surface area contributed by atoms with Crippen LogP contribution in [-0.4, -0.2) is 64.9 Å². The summed E-state index contributed by atoms with van der Waals surface area (Å²) in [6.45, 7) is 5.97. The van der Waals surface area contributed by atoms with Crippen molar-refractivity contribution in [3.8, 4) is 0 Å². The number of ether oxygens (including phenoxy) is 2. The van der Waals surface area contributed by atoms with Crippen LogP contribution in [0.3, 0.4) is 0 Å². The van der Waals surface area contributed by atoms with Crippen LogP contribution < -0.4 is 0 Å². The molecule has 2 aliphatic heterocycles. The summed E-state index contributed by atoms with van der Waals surface area (Å²) in [5.41, 5.74) is 0.944. The fraction of sp³-hybridized carbons (Fsp3) is 0.696. The van der Waals surface area contributed by atoms with Crippen LogP contribution in [0.1, 0.15) is 57.6 Å². The van der Waals surface area contributed by atoms with E-state index in [0.29, 0.717) is 24.9 Å². The fourth-order valence-electron chi connectivity index (χ4n) is 4.25. The molecule has 0 bridgehead atoms. The summed E-state index contributed by atoms with van der Waals surface area (Å²) >= 11 is 0. The Hall–Kier alpha value is -2.20. The van der Waals surface area contributed by atoms with Gasteiger partial charge in [-0.2, -0.15) is 13.2 Å². The van der Waals surface area contributed by atoms with Gasteiger partial charge in [-0.3, -0.25) is 9.78 Å². The molecule has 1 aromatic rings. The average molecular weight is 475 g/mol. The number of carboxylic acids is 1. The van der Waals surface area contributed by atoms with Crippen LogP contribution in [-0.2, 0) is 25.7 Å². The first kappa shape index (κ1) is 27.0. The summed E-state index contributed by atoms with van der Waals surface area (Å²) < 4.78 is 43.8. The summed E-state index contributed by atoms with van der Waals surface area (Å²) in [7, 11) is 0. The zero-order valence-corrected chi connectivity index (χ0v) is 19.0. The van der Waals surface area contributed by atoms with Gasteiger partial charge >= 0.3 is 12.1 Å². The Morgan fingerprint density at radius 2 is 2.00 bits per heavy atom. The third kappa shape index (κ3) is 8.58. The zero-order valence-electron chi connectivity index (χ0n) is 19.0. The highest BCUT2D eigenvalue weighted by Crippen LogP contribution is 2.42. The molecule has 186 valence electrons. The molecule has 1 spiro atoms. The van der Waals surface area contributed by atoms with Gasteiger partial charge in [-0.1, -0.05) is 19.4 Å². The smallest absolute Gasteiger partial charge is 0.475 e. The van der Waals surface area contributed by atoms with E-state index in [4.69, 9.17) is 19.4 Å². The van der Waals surface area contributed by atoms with Gasteiger partial charge < -0.3 is 19.5 Å². The molecule has 1 aromatic heterocycles. The number of hydrogen-bond donors (Lipinski definition) is 1. The van der Waals surface area contributed by atoms with Crippen LogP contribution >= 0.6 is 0 Å². The minimum absolute atomic E-state index is 0.0319. The largest absolute Gasteiger partial charge is 0.490 e. The maximum atomic E-state index is 12.2. The van der Waals surface area contributed by atoms with Crippen molar-refractivity contribution in [1.29, 1.82) is 0 Å². The summed E-state index contributed by atoms with van der Waals surface area (Å²) in [5.74, 6) is -1.90. The molecule has 1 unspecified atom stereocenters. The van der Waals surface area contributed by atoms with E-state index in [1.54, 1.807) is 6.20 Å². The number of rotatable bonds is 8. The zero-order chi connectivity index (χ0) is 24.3. The predicted octanol–water partition coefficient (Wildman–Crippen LogP) is 4.21. The number of amides is 1. The molecule has 1 amide bonds. The molecule has 2 saturated heterocycles. The number of likely N-dealkylation sites (tertiary alicyclic amines) is 1. The highest BCUT2D eigenvalue weighted by molar-refractivity contribution is 5.76. The molecule has 3 heterocycles. The van der Waals surface area contributed by atoms with Crippen molar-refractivity contribution in [2.75, 3.05) is 26.3 Å². The van der Waals surface area contributed by atoms with E-state index in [0.717, 1.165) is 70.5 Å². The molecule has 1 atom stereocenters. The fourth-order valence-corrected chi connectivity index (χ4v) is 4.25. The van der Waals surface area contributed by atoms with Crippen molar-refractivity contribution in [1.82, 2.24) is 9.88 Å². The van der Waals surface area contributed by atoms with E-state index in [1.807, 2.05) is 23.1 Å². The average Bonchev–Trinajstić information content (AvgIpc) is 3.17. The molecule has 2 aliphatic rings. The molecule has 7 nitrogen and oxygen atoms in total. The summed E-state index contributed by atoms with van der Waals surface area (Å²) in [4.78, 5) is 27.5. The van der Waals surface area contributed by atoms with Crippen molar-refractivity contribution >= 4 is 11.9 Å². The van der Waals surface area contributed by atoms with Gasteiger partial charge in [-0.15, -0.1) is 0 Å². The molecule has 0 aliphatic carbocycles. The van der Waals surface area contributed by atoms with E-state index in [2.05, 4.69) is 11.9 Å². The molecule has 10 heteroatoms. The quantitative estimate of drug-likeness (QED) is 0.568. The molecule has 33 heavy (non-hydrogen) atoms.